The molecule has 0 N–H and O–H groups in total. The Morgan fingerprint density at radius 2 is 0.733 bits per heavy atom. The Bertz CT molecular complexity index is 1140. The summed E-state index contributed by atoms with van der Waals surface area (Å²) in [7, 11) is 3.44. The zero-order valence-electron chi connectivity index (χ0n) is 16.2. The first-order valence-corrected chi connectivity index (χ1v) is 11.7. The van der Waals surface area contributed by atoms with Crippen LogP contribution in [0, 0.1) is 23.7 Å². The SMILES string of the molecule is C(#Cc1ccccc1SSc1ccccc1C#Cc1ccccc1)c1ccccc1. The van der Waals surface area contributed by atoms with Gasteiger partial charge in [0.1, 0.15) is 0 Å². The van der Waals surface area contributed by atoms with Gasteiger partial charge < -0.3 is 0 Å². The first-order chi connectivity index (χ1) is 14.9. The molecule has 0 nitrogen and oxygen atoms in total. The minimum absolute atomic E-state index is 1.02. The summed E-state index contributed by atoms with van der Waals surface area (Å²) in [5.41, 5.74) is 4.11. The normalized spacial score (nSPS) is 9.73. The Labute approximate surface area is 186 Å². The summed E-state index contributed by atoms with van der Waals surface area (Å²) >= 11 is 0. The molecule has 30 heavy (non-hydrogen) atoms. The molecule has 4 aromatic carbocycles. The van der Waals surface area contributed by atoms with E-state index in [1.165, 1.54) is 0 Å². The minimum Gasteiger partial charge on any atom is -0.0622 e. The minimum atomic E-state index is 1.02. The predicted molar refractivity (Wildman–Crippen MR) is 129 cm³/mol. The maximum atomic E-state index is 3.31. The van der Waals surface area contributed by atoms with E-state index in [-0.39, 0.29) is 0 Å². The number of hydrogen-bond acceptors (Lipinski definition) is 2. The fraction of sp³-hybridized carbons (Fsp3) is 0. The highest BCUT2D eigenvalue weighted by Gasteiger charge is 2.05. The Balaban J connectivity index is 1.53. The van der Waals surface area contributed by atoms with E-state index in [1.54, 1.807) is 21.6 Å². The van der Waals surface area contributed by atoms with Gasteiger partial charge >= 0.3 is 0 Å². The van der Waals surface area contributed by atoms with E-state index in [4.69, 9.17) is 0 Å². The van der Waals surface area contributed by atoms with E-state index >= 15 is 0 Å². The molecule has 4 aromatic rings. The highest BCUT2D eigenvalue weighted by molar-refractivity contribution is 8.76. The molecule has 0 aromatic heterocycles. The summed E-state index contributed by atoms with van der Waals surface area (Å²) in [5, 5.41) is 0. The largest absolute Gasteiger partial charge is 0.0622 e. The van der Waals surface area contributed by atoms with Crippen molar-refractivity contribution in [3.05, 3.63) is 131 Å². The lowest BCUT2D eigenvalue weighted by atomic mass is 10.2. The van der Waals surface area contributed by atoms with Crippen LogP contribution in [0.2, 0.25) is 0 Å². The molecule has 0 bridgehead atoms. The average Bonchev–Trinajstić information content (AvgIpc) is 2.82. The second-order valence-electron chi connectivity index (χ2n) is 6.39. The third kappa shape index (κ3) is 5.62. The summed E-state index contributed by atoms with van der Waals surface area (Å²) < 4.78 is 0. The molecule has 0 heterocycles. The van der Waals surface area contributed by atoms with E-state index in [9.17, 15) is 0 Å². The van der Waals surface area contributed by atoms with Gasteiger partial charge in [-0.15, -0.1) is 0 Å². The second-order valence-corrected chi connectivity index (χ2v) is 8.60. The van der Waals surface area contributed by atoms with Crippen LogP contribution in [0.5, 0.6) is 0 Å². The van der Waals surface area contributed by atoms with Crippen molar-refractivity contribution in [2.75, 3.05) is 0 Å². The van der Waals surface area contributed by atoms with E-state index in [0.717, 1.165) is 32.0 Å². The van der Waals surface area contributed by atoms with Gasteiger partial charge in [0, 0.05) is 32.0 Å². The summed E-state index contributed by atoms with van der Waals surface area (Å²) in [4.78, 5) is 2.30. The lowest BCUT2D eigenvalue weighted by Gasteiger charge is -2.05. The standard InChI is InChI=1S/C28H18S2/c1-3-11-23(12-4-1)19-21-25-15-7-9-17-27(25)29-30-28-18-10-8-16-26(28)22-20-24-13-5-2-6-14-24/h1-18H. The molecule has 0 saturated heterocycles. The lowest BCUT2D eigenvalue weighted by Crippen LogP contribution is -1.82. The molecule has 0 unspecified atom stereocenters. The molecule has 0 aliphatic heterocycles. The molecule has 0 aliphatic rings. The van der Waals surface area contributed by atoms with Crippen LogP contribution in [-0.4, -0.2) is 0 Å². The molecule has 0 saturated carbocycles. The molecule has 0 amide bonds. The van der Waals surface area contributed by atoms with Crippen LogP contribution in [0.25, 0.3) is 0 Å². The van der Waals surface area contributed by atoms with Crippen LogP contribution in [0.3, 0.4) is 0 Å². The quantitative estimate of drug-likeness (QED) is 0.253. The zero-order chi connectivity index (χ0) is 20.4. The molecule has 0 spiro atoms. The smallest absolute Gasteiger partial charge is 0.0393 e. The van der Waals surface area contributed by atoms with Gasteiger partial charge in [-0.3, -0.25) is 0 Å². The molecular formula is C28H18S2. The van der Waals surface area contributed by atoms with Gasteiger partial charge in [-0.2, -0.15) is 0 Å². The van der Waals surface area contributed by atoms with Gasteiger partial charge in [0.15, 0.2) is 0 Å². The lowest BCUT2D eigenvalue weighted by molar-refractivity contribution is 1.41. The van der Waals surface area contributed by atoms with Gasteiger partial charge in [0.2, 0.25) is 0 Å². The van der Waals surface area contributed by atoms with Crippen molar-refractivity contribution in [3.8, 4) is 23.7 Å². The first-order valence-electron chi connectivity index (χ1n) is 9.55. The Morgan fingerprint density at radius 1 is 0.367 bits per heavy atom. The molecular weight excluding hydrogens is 400 g/mol. The summed E-state index contributed by atoms with van der Waals surface area (Å²) in [6.45, 7) is 0. The van der Waals surface area contributed by atoms with E-state index in [1.807, 2.05) is 72.8 Å². The number of benzene rings is 4. The molecule has 4 rings (SSSR count). The maximum absolute atomic E-state index is 3.31. The van der Waals surface area contributed by atoms with Crippen molar-refractivity contribution in [1.82, 2.24) is 0 Å². The third-order valence-electron chi connectivity index (χ3n) is 4.23. The average molecular weight is 419 g/mol. The van der Waals surface area contributed by atoms with Crippen LogP contribution in [0.15, 0.2) is 119 Å². The fourth-order valence-corrected chi connectivity index (χ4v) is 4.97. The molecule has 0 atom stereocenters. The predicted octanol–water partition coefficient (Wildman–Crippen LogP) is 7.29. The summed E-state index contributed by atoms with van der Waals surface area (Å²) in [6, 6.07) is 36.7. The molecule has 142 valence electrons. The van der Waals surface area contributed by atoms with Crippen LogP contribution < -0.4 is 0 Å². The Hall–Kier alpha value is -3.30. The topological polar surface area (TPSA) is 0 Å². The highest BCUT2D eigenvalue weighted by atomic mass is 33.1. The third-order valence-corrected chi connectivity index (χ3v) is 6.71. The van der Waals surface area contributed by atoms with Crippen molar-refractivity contribution in [2.24, 2.45) is 0 Å². The molecule has 0 fully saturated rings. The van der Waals surface area contributed by atoms with Gasteiger partial charge in [0.25, 0.3) is 0 Å². The van der Waals surface area contributed by atoms with Crippen LogP contribution in [0.4, 0.5) is 0 Å². The molecule has 0 aliphatic carbocycles. The fourth-order valence-electron chi connectivity index (χ4n) is 2.70. The van der Waals surface area contributed by atoms with Gasteiger partial charge in [-0.1, -0.05) is 106 Å². The van der Waals surface area contributed by atoms with Gasteiger partial charge in [-0.05, 0) is 48.5 Å². The Kier molecular flexibility index (Phi) is 6.98. The molecule has 2 heteroatoms. The van der Waals surface area contributed by atoms with Crippen LogP contribution >= 0.6 is 21.6 Å². The highest BCUT2D eigenvalue weighted by Crippen LogP contribution is 2.40. The van der Waals surface area contributed by atoms with E-state index in [0.29, 0.717) is 0 Å². The second kappa shape index (κ2) is 10.5. The summed E-state index contributed by atoms with van der Waals surface area (Å²) in [6.07, 6.45) is 0. The zero-order valence-corrected chi connectivity index (χ0v) is 17.8. The summed E-state index contributed by atoms with van der Waals surface area (Å²) in [5.74, 6) is 13.1. The van der Waals surface area contributed by atoms with Gasteiger partial charge in [0.05, 0.1) is 0 Å². The number of hydrogen-bond donors (Lipinski definition) is 0. The van der Waals surface area contributed by atoms with Crippen molar-refractivity contribution >= 4 is 21.6 Å². The van der Waals surface area contributed by atoms with Crippen molar-refractivity contribution in [3.63, 3.8) is 0 Å². The Morgan fingerprint density at radius 3 is 1.17 bits per heavy atom. The van der Waals surface area contributed by atoms with Crippen LogP contribution in [-0.2, 0) is 0 Å². The van der Waals surface area contributed by atoms with Crippen molar-refractivity contribution in [1.29, 1.82) is 0 Å². The maximum Gasteiger partial charge on any atom is 0.0393 e. The first kappa shape index (κ1) is 20.0. The van der Waals surface area contributed by atoms with E-state index < -0.39 is 0 Å². The molecule has 0 radical (unpaired) electrons. The monoisotopic (exact) mass is 418 g/mol. The van der Waals surface area contributed by atoms with Gasteiger partial charge in [-0.25, -0.2) is 0 Å². The van der Waals surface area contributed by atoms with E-state index in [2.05, 4.69) is 60.1 Å². The van der Waals surface area contributed by atoms with Crippen LogP contribution in [0.1, 0.15) is 22.3 Å². The van der Waals surface area contributed by atoms with Crippen molar-refractivity contribution in [2.45, 2.75) is 9.79 Å². The van der Waals surface area contributed by atoms with Crippen molar-refractivity contribution < 1.29 is 0 Å². The number of rotatable bonds is 3.